The number of amides is 1. The van der Waals surface area contributed by atoms with Gasteiger partial charge in [-0.3, -0.25) is 4.79 Å². The van der Waals surface area contributed by atoms with E-state index in [0.717, 1.165) is 12.1 Å². The molecular weight excluding hydrogens is 339 g/mol. The molecule has 1 fully saturated rings. The van der Waals surface area contributed by atoms with Crippen molar-refractivity contribution in [2.45, 2.75) is 17.8 Å². The van der Waals surface area contributed by atoms with E-state index in [-0.39, 0.29) is 34.1 Å². The van der Waals surface area contributed by atoms with E-state index in [1.807, 2.05) is 0 Å². The van der Waals surface area contributed by atoms with Crippen molar-refractivity contribution in [3.63, 3.8) is 0 Å². The Bertz CT molecular complexity index is 641. The first-order valence-electron chi connectivity index (χ1n) is 6.45. The zero-order chi connectivity index (χ0) is 16.4. The predicted molar refractivity (Wildman–Crippen MR) is 79.6 cm³/mol. The Balaban J connectivity index is 1.82. The van der Waals surface area contributed by atoms with E-state index in [2.05, 4.69) is 5.32 Å². The zero-order valence-corrected chi connectivity index (χ0v) is 13.0. The third-order valence-corrected chi connectivity index (χ3v) is 6.42. The Morgan fingerprint density at radius 1 is 1.27 bits per heavy atom. The number of carbonyl (C=O) groups is 1. The summed E-state index contributed by atoms with van der Waals surface area (Å²) in [6, 6.07) is 4.16. The Labute approximate surface area is 130 Å². The summed E-state index contributed by atoms with van der Waals surface area (Å²) in [5.41, 5.74) is -0.506. The molecular formula is C13H14F3NO3S2. The van der Waals surface area contributed by atoms with Gasteiger partial charge in [-0.1, -0.05) is 0 Å². The molecule has 1 aliphatic heterocycles. The molecule has 122 valence electrons. The topological polar surface area (TPSA) is 63.2 Å². The molecule has 0 aliphatic carbocycles. The number of sulfone groups is 1. The molecule has 1 saturated heterocycles. The van der Waals surface area contributed by atoms with Crippen LogP contribution in [0, 0.1) is 0 Å². The maximum atomic E-state index is 12.4. The van der Waals surface area contributed by atoms with Crippen molar-refractivity contribution in [3.8, 4) is 0 Å². The molecule has 22 heavy (non-hydrogen) atoms. The SMILES string of the molecule is O=C(CS[C@@H]1CCS(=O)(=O)C1)Nc1ccc(C(F)(F)F)cc1. The fourth-order valence-electron chi connectivity index (χ4n) is 2.03. The summed E-state index contributed by atoms with van der Waals surface area (Å²) < 4.78 is 59.8. The van der Waals surface area contributed by atoms with Gasteiger partial charge in [-0.15, -0.1) is 11.8 Å². The van der Waals surface area contributed by atoms with Crippen molar-refractivity contribution < 1.29 is 26.4 Å². The van der Waals surface area contributed by atoms with Gasteiger partial charge in [-0.25, -0.2) is 8.42 Å². The van der Waals surface area contributed by atoms with Gasteiger partial charge in [0.05, 0.1) is 22.8 Å². The van der Waals surface area contributed by atoms with E-state index < -0.39 is 21.6 Å². The van der Waals surface area contributed by atoms with E-state index in [1.165, 1.54) is 23.9 Å². The van der Waals surface area contributed by atoms with Crippen molar-refractivity contribution in [2.75, 3.05) is 22.6 Å². The van der Waals surface area contributed by atoms with Crippen molar-refractivity contribution in [1.82, 2.24) is 0 Å². The van der Waals surface area contributed by atoms with Crippen LogP contribution in [-0.4, -0.2) is 36.8 Å². The van der Waals surface area contributed by atoms with Crippen LogP contribution >= 0.6 is 11.8 Å². The van der Waals surface area contributed by atoms with Crippen LogP contribution in [0.2, 0.25) is 0 Å². The molecule has 0 aromatic heterocycles. The minimum absolute atomic E-state index is 0.0706. The van der Waals surface area contributed by atoms with Crippen molar-refractivity contribution in [3.05, 3.63) is 29.8 Å². The third-order valence-electron chi connectivity index (χ3n) is 3.14. The highest BCUT2D eigenvalue weighted by atomic mass is 32.2. The zero-order valence-electron chi connectivity index (χ0n) is 11.4. The molecule has 4 nitrogen and oxygen atoms in total. The van der Waals surface area contributed by atoms with Crippen LogP contribution in [0.4, 0.5) is 18.9 Å². The van der Waals surface area contributed by atoms with E-state index in [4.69, 9.17) is 0 Å². The molecule has 1 aromatic carbocycles. The van der Waals surface area contributed by atoms with Gasteiger partial charge in [0.25, 0.3) is 0 Å². The second-order valence-electron chi connectivity index (χ2n) is 4.96. The number of rotatable bonds is 4. The summed E-state index contributed by atoms with van der Waals surface area (Å²) in [6.07, 6.45) is -3.88. The summed E-state index contributed by atoms with van der Waals surface area (Å²) in [4.78, 5) is 11.7. The summed E-state index contributed by atoms with van der Waals surface area (Å²) in [6.45, 7) is 0. The fraction of sp³-hybridized carbons (Fsp3) is 0.462. The number of alkyl halides is 3. The molecule has 1 aromatic rings. The van der Waals surface area contributed by atoms with Crippen LogP contribution < -0.4 is 5.32 Å². The minimum Gasteiger partial charge on any atom is -0.325 e. The average molecular weight is 353 g/mol. The second-order valence-corrected chi connectivity index (χ2v) is 8.48. The molecule has 1 N–H and O–H groups in total. The van der Waals surface area contributed by atoms with E-state index >= 15 is 0 Å². The Kier molecular flexibility index (Phi) is 5.06. The predicted octanol–water partition coefficient (Wildman–Crippen LogP) is 2.56. The summed E-state index contributed by atoms with van der Waals surface area (Å²) >= 11 is 1.25. The van der Waals surface area contributed by atoms with Gasteiger partial charge in [0, 0.05) is 10.9 Å². The number of benzene rings is 1. The normalized spacial score (nSPS) is 20.8. The molecule has 0 saturated carbocycles. The van der Waals surface area contributed by atoms with Crippen LogP contribution in [0.5, 0.6) is 0 Å². The second kappa shape index (κ2) is 6.49. The first-order chi connectivity index (χ1) is 10.2. The first-order valence-corrected chi connectivity index (χ1v) is 9.32. The average Bonchev–Trinajstić information content (AvgIpc) is 2.76. The third kappa shape index (κ3) is 4.91. The molecule has 0 bridgehead atoms. The number of thioether (sulfide) groups is 1. The Hall–Kier alpha value is -1.22. The molecule has 1 heterocycles. The number of nitrogens with one attached hydrogen (secondary N) is 1. The highest BCUT2D eigenvalue weighted by molar-refractivity contribution is 8.02. The lowest BCUT2D eigenvalue weighted by atomic mass is 10.2. The number of anilines is 1. The standard InChI is InChI=1S/C13H14F3NO3S2/c14-13(15,16)9-1-3-10(4-2-9)17-12(18)7-21-11-5-6-22(19,20)8-11/h1-4,11H,5-8H2,(H,17,18)/t11-/m1/s1. The maximum Gasteiger partial charge on any atom is 0.416 e. The molecule has 0 spiro atoms. The monoisotopic (exact) mass is 353 g/mol. The van der Waals surface area contributed by atoms with Gasteiger partial charge in [0.1, 0.15) is 0 Å². The van der Waals surface area contributed by atoms with Gasteiger partial charge >= 0.3 is 6.18 Å². The molecule has 0 radical (unpaired) electrons. The van der Waals surface area contributed by atoms with Crippen molar-refractivity contribution in [2.24, 2.45) is 0 Å². The van der Waals surface area contributed by atoms with Gasteiger partial charge in [0.2, 0.25) is 5.91 Å². The number of halogens is 3. The molecule has 0 unspecified atom stereocenters. The van der Waals surface area contributed by atoms with Crippen LogP contribution in [0.1, 0.15) is 12.0 Å². The quantitative estimate of drug-likeness (QED) is 0.904. The van der Waals surface area contributed by atoms with Crippen LogP contribution in [0.3, 0.4) is 0 Å². The fourth-order valence-corrected chi connectivity index (χ4v) is 5.47. The summed E-state index contributed by atoms with van der Waals surface area (Å²) in [7, 11) is -2.98. The highest BCUT2D eigenvalue weighted by Crippen LogP contribution is 2.30. The number of hydrogen-bond donors (Lipinski definition) is 1. The Morgan fingerprint density at radius 2 is 1.91 bits per heavy atom. The molecule has 1 aliphatic rings. The lowest BCUT2D eigenvalue weighted by molar-refractivity contribution is -0.137. The lowest BCUT2D eigenvalue weighted by Crippen LogP contribution is -2.17. The molecule has 1 atom stereocenters. The largest absolute Gasteiger partial charge is 0.416 e. The molecule has 1 amide bonds. The van der Waals surface area contributed by atoms with E-state index in [1.54, 1.807) is 0 Å². The van der Waals surface area contributed by atoms with E-state index in [0.29, 0.717) is 6.42 Å². The number of carbonyl (C=O) groups excluding carboxylic acids is 1. The lowest BCUT2D eigenvalue weighted by Gasteiger charge is -2.10. The van der Waals surface area contributed by atoms with Crippen LogP contribution in [0.15, 0.2) is 24.3 Å². The Morgan fingerprint density at radius 3 is 2.41 bits per heavy atom. The number of hydrogen-bond acceptors (Lipinski definition) is 4. The van der Waals surface area contributed by atoms with Gasteiger partial charge in [0.15, 0.2) is 9.84 Å². The van der Waals surface area contributed by atoms with Gasteiger partial charge < -0.3 is 5.32 Å². The molecule has 2 rings (SSSR count). The summed E-state index contributed by atoms with van der Waals surface area (Å²) in [5.74, 6) is -0.0773. The minimum atomic E-state index is -4.41. The van der Waals surface area contributed by atoms with Crippen LogP contribution in [-0.2, 0) is 20.8 Å². The van der Waals surface area contributed by atoms with Gasteiger partial charge in [-0.2, -0.15) is 13.2 Å². The highest BCUT2D eigenvalue weighted by Gasteiger charge is 2.30. The van der Waals surface area contributed by atoms with Gasteiger partial charge in [-0.05, 0) is 30.7 Å². The van der Waals surface area contributed by atoms with Crippen molar-refractivity contribution in [1.29, 1.82) is 0 Å². The first kappa shape index (κ1) is 17.1. The van der Waals surface area contributed by atoms with Crippen LogP contribution in [0.25, 0.3) is 0 Å². The molecule has 9 heteroatoms. The van der Waals surface area contributed by atoms with E-state index in [9.17, 15) is 26.4 Å². The summed E-state index contributed by atoms with van der Waals surface area (Å²) in [5, 5.41) is 2.39. The maximum absolute atomic E-state index is 12.4. The van der Waals surface area contributed by atoms with Crippen molar-refractivity contribution >= 4 is 33.2 Å². The smallest absolute Gasteiger partial charge is 0.325 e.